The molecule has 0 bridgehead atoms. The molecule has 14 heavy (non-hydrogen) atoms. The Balaban J connectivity index is 3.33. The molecule has 0 aromatic heterocycles. The van der Waals surface area contributed by atoms with Crippen LogP contribution < -0.4 is 4.74 Å². The fraction of sp³-hybridized carbons (Fsp3) is 0.273. The van der Waals surface area contributed by atoms with Gasteiger partial charge in [0.05, 0.1) is 12.7 Å². The first-order valence-electron chi connectivity index (χ1n) is 4.25. The molecule has 1 aromatic rings. The van der Waals surface area contributed by atoms with Crippen LogP contribution in [0, 0.1) is 13.8 Å². The maximum Gasteiger partial charge on any atom is 0.229 e. The smallest absolute Gasteiger partial charge is 0.229 e. The van der Waals surface area contributed by atoms with Gasteiger partial charge in [-0.3, -0.25) is 9.59 Å². The van der Waals surface area contributed by atoms with E-state index in [2.05, 4.69) is 0 Å². The molecule has 1 rings (SSSR count). The van der Waals surface area contributed by atoms with Gasteiger partial charge >= 0.3 is 0 Å². The quantitative estimate of drug-likeness (QED) is 0.416. The van der Waals surface area contributed by atoms with Crippen molar-refractivity contribution < 1.29 is 14.3 Å². The number of rotatable bonds is 3. The zero-order valence-electron chi connectivity index (χ0n) is 8.46. The first kappa shape index (κ1) is 10.4. The minimum absolute atomic E-state index is 0.298. The van der Waals surface area contributed by atoms with Gasteiger partial charge in [-0.15, -0.1) is 0 Å². The summed E-state index contributed by atoms with van der Waals surface area (Å²) in [6.45, 7) is 3.81. The van der Waals surface area contributed by atoms with Crippen LogP contribution in [-0.4, -0.2) is 19.2 Å². The molecule has 0 unspecified atom stereocenters. The molecule has 3 nitrogen and oxygen atoms in total. The number of benzene rings is 1. The molecule has 0 saturated carbocycles. The Morgan fingerprint density at radius 2 is 1.86 bits per heavy atom. The topological polar surface area (TPSA) is 43.4 Å². The van der Waals surface area contributed by atoms with Crippen LogP contribution in [0.25, 0.3) is 0 Å². The van der Waals surface area contributed by atoms with E-state index in [9.17, 15) is 9.59 Å². The monoisotopic (exact) mass is 192 g/mol. The molecule has 0 aliphatic rings. The van der Waals surface area contributed by atoms with E-state index < -0.39 is 5.78 Å². The number of hydrogen-bond acceptors (Lipinski definition) is 3. The van der Waals surface area contributed by atoms with Crippen LogP contribution in [0.2, 0.25) is 0 Å². The molecule has 0 saturated heterocycles. The maximum absolute atomic E-state index is 11.2. The average Bonchev–Trinajstić information content (AvgIpc) is 2.20. The Morgan fingerprint density at radius 1 is 1.29 bits per heavy atom. The molecule has 0 aliphatic heterocycles. The average molecular weight is 192 g/mol. The van der Waals surface area contributed by atoms with Gasteiger partial charge in [0.2, 0.25) is 5.78 Å². The lowest BCUT2D eigenvalue weighted by Crippen LogP contribution is -2.04. The van der Waals surface area contributed by atoms with Crippen LogP contribution in [-0.2, 0) is 4.79 Å². The van der Waals surface area contributed by atoms with Gasteiger partial charge in [0.15, 0.2) is 6.29 Å². The predicted octanol–water partition coefficient (Wildman–Crippen LogP) is 1.69. The lowest BCUT2D eigenvalue weighted by Gasteiger charge is -2.08. The predicted molar refractivity (Wildman–Crippen MR) is 52.9 cm³/mol. The van der Waals surface area contributed by atoms with E-state index >= 15 is 0 Å². The summed E-state index contributed by atoms with van der Waals surface area (Å²) in [4.78, 5) is 21.6. The number of aldehydes is 1. The normalized spacial score (nSPS) is 9.64. The van der Waals surface area contributed by atoms with Crippen molar-refractivity contribution in [3.05, 3.63) is 28.8 Å². The molecule has 0 spiro atoms. The number of ether oxygens (including phenoxy) is 1. The first-order valence-corrected chi connectivity index (χ1v) is 4.25. The van der Waals surface area contributed by atoms with Crippen LogP contribution >= 0.6 is 0 Å². The first-order chi connectivity index (χ1) is 6.60. The number of hydrogen-bond donors (Lipinski definition) is 0. The van der Waals surface area contributed by atoms with Crippen molar-refractivity contribution in [3.8, 4) is 5.75 Å². The fourth-order valence-corrected chi connectivity index (χ4v) is 1.21. The summed E-state index contributed by atoms with van der Waals surface area (Å²) in [7, 11) is 1.48. The van der Waals surface area contributed by atoms with Gasteiger partial charge in [-0.05, 0) is 37.1 Å². The molecule has 0 heterocycles. The van der Waals surface area contributed by atoms with E-state index in [0.717, 1.165) is 11.1 Å². The third kappa shape index (κ3) is 1.82. The van der Waals surface area contributed by atoms with E-state index in [4.69, 9.17) is 4.74 Å². The molecule has 0 atom stereocenters. The van der Waals surface area contributed by atoms with Crippen molar-refractivity contribution >= 4 is 12.1 Å². The molecule has 3 heteroatoms. The number of carbonyl (C=O) groups is 2. The van der Waals surface area contributed by atoms with Crippen LogP contribution in [0.5, 0.6) is 5.75 Å². The van der Waals surface area contributed by atoms with Gasteiger partial charge < -0.3 is 4.74 Å². The highest BCUT2D eigenvalue weighted by molar-refractivity contribution is 6.34. The molecule has 1 aromatic carbocycles. The van der Waals surface area contributed by atoms with Crippen LogP contribution in [0.1, 0.15) is 21.5 Å². The Bertz CT molecular complexity index is 380. The van der Waals surface area contributed by atoms with Gasteiger partial charge in [-0.2, -0.15) is 0 Å². The number of ketones is 1. The molecule has 0 fully saturated rings. The zero-order chi connectivity index (χ0) is 10.7. The van der Waals surface area contributed by atoms with Crippen molar-refractivity contribution in [2.45, 2.75) is 13.8 Å². The van der Waals surface area contributed by atoms with Crippen LogP contribution in [0.4, 0.5) is 0 Å². The Morgan fingerprint density at radius 3 is 2.36 bits per heavy atom. The highest BCUT2D eigenvalue weighted by Gasteiger charge is 2.12. The molecule has 0 aliphatic carbocycles. The number of aryl methyl sites for hydroxylation is 2. The number of methoxy groups -OCH3 is 1. The van der Waals surface area contributed by atoms with Crippen molar-refractivity contribution in [2.24, 2.45) is 0 Å². The molecule has 0 radical (unpaired) electrons. The van der Waals surface area contributed by atoms with Gasteiger partial charge in [0, 0.05) is 0 Å². The minimum Gasteiger partial charge on any atom is -0.496 e. The summed E-state index contributed by atoms with van der Waals surface area (Å²) < 4.78 is 5.02. The third-order valence-corrected chi connectivity index (χ3v) is 2.19. The molecule has 0 N–H and O–H groups in total. The number of carbonyl (C=O) groups excluding carboxylic acids is 2. The Kier molecular flexibility index (Phi) is 3.02. The minimum atomic E-state index is -0.551. The van der Waals surface area contributed by atoms with Crippen molar-refractivity contribution in [2.75, 3.05) is 7.11 Å². The number of Topliss-reactive ketones (excluding diaryl/α,β-unsaturated/α-hetero) is 1. The van der Waals surface area contributed by atoms with E-state index in [1.165, 1.54) is 7.11 Å². The summed E-state index contributed by atoms with van der Waals surface area (Å²) in [6.07, 6.45) is 0.298. The SMILES string of the molecule is COc1cc(C)c(C)cc1C(=O)C=O. The van der Waals surface area contributed by atoms with E-state index in [1.54, 1.807) is 12.1 Å². The van der Waals surface area contributed by atoms with Crippen molar-refractivity contribution in [1.29, 1.82) is 0 Å². The highest BCUT2D eigenvalue weighted by Crippen LogP contribution is 2.22. The second-order valence-electron chi connectivity index (χ2n) is 3.12. The summed E-state index contributed by atoms with van der Waals surface area (Å²) >= 11 is 0. The summed E-state index contributed by atoms with van der Waals surface area (Å²) in [6, 6.07) is 3.43. The van der Waals surface area contributed by atoms with E-state index in [0.29, 0.717) is 17.6 Å². The third-order valence-electron chi connectivity index (χ3n) is 2.19. The maximum atomic E-state index is 11.2. The Labute approximate surface area is 82.7 Å². The fourth-order valence-electron chi connectivity index (χ4n) is 1.21. The van der Waals surface area contributed by atoms with Crippen LogP contribution in [0.15, 0.2) is 12.1 Å². The van der Waals surface area contributed by atoms with Gasteiger partial charge in [0.25, 0.3) is 0 Å². The summed E-state index contributed by atoms with van der Waals surface area (Å²) in [5, 5.41) is 0. The molecular formula is C11H12O3. The van der Waals surface area contributed by atoms with E-state index in [1.807, 2.05) is 13.8 Å². The second-order valence-corrected chi connectivity index (χ2v) is 3.12. The van der Waals surface area contributed by atoms with Crippen LogP contribution in [0.3, 0.4) is 0 Å². The summed E-state index contributed by atoms with van der Waals surface area (Å²) in [5.74, 6) is -0.102. The lowest BCUT2D eigenvalue weighted by atomic mass is 10.0. The summed E-state index contributed by atoms with van der Waals surface area (Å²) in [5.41, 5.74) is 2.32. The molecular weight excluding hydrogens is 180 g/mol. The van der Waals surface area contributed by atoms with Gasteiger partial charge in [-0.25, -0.2) is 0 Å². The van der Waals surface area contributed by atoms with Crippen molar-refractivity contribution in [3.63, 3.8) is 0 Å². The standard InChI is InChI=1S/C11H12O3/c1-7-4-9(10(13)6-12)11(14-3)5-8(7)2/h4-6H,1-3H3. The lowest BCUT2D eigenvalue weighted by molar-refractivity contribution is -0.104. The Hall–Kier alpha value is -1.64. The van der Waals surface area contributed by atoms with Gasteiger partial charge in [0.1, 0.15) is 5.75 Å². The molecule has 74 valence electrons. The van der Waals surface area contributed by atoms with Crippen molar-refractivity contribution in [1.82, 2.24) is 0 Å². The van der Waals surface area contributed by atoms with Gasteiger partial charge in [-0.1, -0.05) is 0 Å². The second kappa shape index (κ2) is 4.05. The molecule has 0 amide bonds. The van der Waals surface area contributed by atoms with E-state index in [-0.39, 0.29) is 0 Å². The highest BCUT2D eigenvalue weighted by atomic mass is 16.5. The zero-order valence-corrected chi connectivity index (χ0v) is 8.46. The largest absolute Gasteiger partial charge is 0.496 e.